The molecule has 0 aliphatic rings. The predicted octanol–water partition coefficient (Wildman–Crippen LogP) is 2.62. The summed E-state index contributed by atoms with van der Waals surface area (Å²) in [5.41, 5.74) is 1.09. The number of rotatable bonds is 3. The standard InChI is InChI=1S/C10H10OS/c1-12-10-7-3-2-5-9(10)6-4-8-11/h2-8H,1H3/b6-4-. The second-order valence-electron chi connectivity index (χ2n) is 2.24. The third-order valence-electron chi connectivity index (χ3n) is 1.49. The summed E-state index contributed by atoms with van der Waals surface area (Å²) in [6.07, 6.45) is 6.14. The largest absolute Gasteiger partial charge is 0.299 e. The van der Waals surface area contributed by atoms with Crippen molar-refractivity contribution in [3.05, 3.63) is 35.9 Å². The van der Waals surface area contributed by atoms with Crippen LogP contribution in [0.2, 0.25) is 0 Å². The number of carbonyl (C=O) groups excluding carboxylic acids is 1. The monoisotopic (exact) mass is 178 g/mol. The molecule has 0 radical (unpaired) electrons. The van der Waals surface area contributed by atoms with Gasteiger partial charge < -0.3 is 0 Å². The molecule has 0 aliphatic heterocycles. The lowest BCUT2D eigenvalue weighted by Crippen LogP contribution is -1.76. The van der Waals surface area contributed by atoms with Gasteiger partial charge in [0.25, 0.3) is 0 Å². The molecular weight excluding hydrogens is 168 g/mol. The molecule has 0 aromatic heterocycles. The Kier molecular flexibility index (Phi) is 3.61. The van der Waals surface area contributed by atoms with Gasteiger partial charge in [-0.15, -0.1) is 11.8 Å². The number of thioether (sulfide) groups is 1. The summed E-state index contributed by atoms with van der Waals surface area (Å²) in [6, 6.07) is 7.98. The van der Waals surface area contributed by atoms with Gasteiger partial charge in [-0.1, -0.05) is 24.3 Å². The SMILES string of the molecule is CSc1ccccc1/C=C\C=O. The maximum atomic E-state index is 10.1. The van der Waals surface area contributed by atoms with E-state index < -0.39 is 0 Å². The van der Waals surface area contributed by atoms with E-state index in [9.17, 15) is 4.79 Å². The van der Waals surface area contributed by atoms with Crippen molar-refractivity contribution in [1.29, 1.82) is 0 Å². The van der Waals surface area contributed by atoms with Crippen molar-refractivity contribution >= 4 is 24.1 Å². The van der Waals surface area contributed by atoms with Crippen LogP contribution < -0.4 is 0 Å². The topological polar surface area (TPSA) is 17.1 Å². The summed E-state index contributed by atoms with van der Waals surface area (Å²) < 4.78 is 0. The number of hydrogen-bond acceptors (Lipinski definition) is 2. The van der Waals surface area contributed by atoms with Gasteiger partial charge in [-0.05, 0) is 24.0 Å². The highest BCUT2D eigenvalue weighted by Gasteiger charge is 1.93. The molecule has 1 rings (SSSR count). The van der Waals surface area contributed by atoms with E-state index >= 15 is 0 Å². The Labute approximate surface area is 76.5 Å². The van der Waals surface area contributed by atoms with Gasteiger partial charge in [-0.3, -0.25) is 4.79 Å². The molecule has 0 atom stereocenters. The van der Waals surface area contributed by atoms with Crippen molar-refractivity contribution in [2.24, 2.45) is 0 Å². The lowest BCUT2D eigenvalue weighted by molar-refractivity contribution is -0.104. The lowest BCUT2D eigenvalue weighted by atomic mass is 10.2. The van der Waals surface area contributed by atoms with Gasteiger partial charge in [-0.25, -0.2) is 0 Å². The van der Waals surface area contributed by atoms with E-state index in [-0.39, 0.29) is 0 Å². The molecule has 1 aromatic carbocycles. The summed E-state index contributed by atoms with van der Waals surface area (Å²) in [6.45, 7) is 0. The van der Waals surface area contributed by atoms with E-state index in [2.05, 4.69) is 0 Å². The van der Waals surface area contributed by atoms with Gasteiger partial charge in [0, 0.05) is 4.90 Å². The number of carbonyl (C=O) groups is 1. The third kappa shape index (κ3) is 2.24. The van der Waals surface area contributed by atoms with Crippen molar-refractivity contribution in [1.82, 2.24) is 0 Å². The average Bonchev–Trinajstić information content (AvgIpc) is 2.15. The van der Waals surface area contributed by atoms with Crippen molar-refractivity contribution in [2.75, 3.05) is 6.26 Å². The van der Waals surface area contributed by atoms with Crippen LogP contribution in [0.25, 0.3) is 6.08 Å². The summed E-state index contributed by atoms with van der Waals surface area (Å²) in [5, 5.41) is 0. The second-order valence-corrected chi connectivity index (χ2v) is 3.09. The number of allylic oxidation sites excluding steroid dienone is 1. The predicted molar refractivity (Wildman–Crippen MR) is 53.3 cm³/mol. The Morgan fingerprint density at radius 1 is 1.33 bits per heavy atom. The Morgan fingerprint density at radius 3 is 2.75 bits per heavy atom. The van der Waals surface area contributed by atoms with Crippen molar-refractivity contribution < 1.29 is 4.79 Å². The average molecular weight is 178 g/mol. The zero-order valence-corrected chi connectivity index (χ0v) is 7.67. The first-order valence-electron chi connectivity index (χ1n) is 3.63. The fraction of sp³-hybridized carbons (Fsp3) is 0.100. The first-order chi connectivity index (χ1) is 5.88. The first kappa shape index (κ1) is 9.07. The highest BCUT2D eigenvalue weighted by Crippen LogP contribution is 2.20. The van der Waals surface area contributed by atoms with E-state index in [1.165, 1.54) is 11.0 Å². The molecule has 0 N–H and O–H groups in total. The third-order valence-corrected chi connectivity index (χ3v) is 2.30. The number of hydrogen-bond donors (Lipinski definition) is 0. The van der Waals surface area contributed by atoms with Gasteiger partial charge in [-0.2, -0.15) is 0 Å². The fourth-order valence-electron chi connectivity index (χ4n) is 0.947. The van der Waals surface area contributed by atoms with Gasteiger partial charge in [0.15, 0.2) is 0 Å². The molecule has 0 fully saturated rings. The van der Waals surface area contributed by atoms with Crippen LogP contribution in [0.4, 0.5) is 0 Å². The molecule has 0 saturated heterocycles. The lowest BCUT2D eigenvalue weighted by Gasteiger charge is -1.99. The highest BCUT2D eigenvalue weighted by molar-refractivity contribution is 7.98. The van der Waals surface area contributed by atoms with Gasteiger partial charge in [0.05, 0.1) is 0 Å². The van der Waals surface area contributed by atoms with Crippen LogP contribution >= 0.6 is 11.8 Å². The number of aldehydes is 1. The summed E-state index contributed by atoms with van der Waals surface area (Å²) in [7, 11) is 0. The second kappa shape index (κ2) is 4.78. The molecule has 0 unspecified atom stereocenters. The van der Waals surface area contributed by atoms with E-state index in [0.29, 0.717) is 0 Å². The molecule has 12 heavy (non-hydrogen) atoms. The maximum Gasteiger partial charge on any atom is 0.142 e. The van der Waals surface area contributed by atoms with Crippen LogP contribution in [0.5, 0.6) is 0 Å². The first-order valence-corrected chi connectivity index (χ1v) is 4.86. The normalized spacial score (nSPS) is 10.4. The molecule has 0 aliphatic carbocycles. The molecule has 2 heteroatoms. The minimum absolute atomic E-state index is 0.789. The molecule has 0 heterocycles. The summed E-state index contributed by atoms with van der Waals surface area (Å²) in [5.74, 6) is 0. The van der Waals surface area contributed by atoms with Gasteiger partial charge >= 0.3 is 0 Å². The van der Waals surface area contributed by atoms with Crippen molar-refractivity contribution in [2.45, 2.75) is 4.90 Å². The summed E-state index contributed by atoms with van der Waals surface area (Å²) >= 11 is 1.68. The Balaban J connectivity index is 2.96. The van der Waals surface area contributed by atoms with E-state index in [1.807, 2.05) is 36.6 Å². The molecule has 0 saturated carbocycles. The van der Waals surface area contributed by atoms with Crippen LogP contribution in [0.3, 0.4) is 0 Å². The highest BCUT2D eigenvalue weighted by atomic mass is 32.2. The van der Waals surface area contributed by atoms with Crippen LogP contribution in [-0.2, 0) is 4.79 Å². The Morgan fingerprint density at radius 2 is 2.08 bits per heavy atom. The van der Waals surface area contributed by atoms with Crippen LogP contribution in [0.15, 0.2) is 35.2 Å². The van der Waals surface area contributed by atoms with Crippen molar-refractivity contribution in [3.8, 4) is 0 Å². The van der Waals surface area contributed by atoms with E-state index in [0.717, 1.165) is 11.8 Å². The zero-order valence-electron chi connectivity index (χ0n) is 6.86. The summed E-state index contributed by atoms with van der Waals surface area (Å²) in [4.78, 5) is 11.3. The molecular formula is C10H10OS. The van der Waals surface area contributed by atoms with Crippen LogP contribution in [0, 0.1) is 0 Å². The minimum Gasteiger partial charge on any atom is -0.299 e. The molecule has 1 nitrogen and oxygen atoms in total. The molecule has 62 valence electrons. The van der Waals surface area contributed by atoms with Crippen molar-refractivity contribution in [3.63, 3.8) is 0 Å². The molecule has 0 spiro atoms. The maximum absolute atomic E-state index is 10.1. The van der Waals surface area contributed by atoms with E-state index in [1.54, 1.807) is 11.8 Å². The minimum atomic E-state index is 0.789. The van der Waals surface area contributed by atoms with Gasteiger partial charge in [0.1, 0.15) is 6.29 Å². The molecule has 0 bridgehead atoms. The Bertz CT molecular complexity index is 292. The van der Waals surface area contributed by atoms with Crippen LogP contribution in [0.1, 0.15) is 5.56 Å². The quantitative estimate of drug-likeness (QED) is 0.402. The van der Waals surface area contributed by atoms with E-state index in [4.69, 9.17) is 0 Å². The Hall–Kier alpha value is -1.02. The van der Waals surface area contributed by atoms with Gasteiger partial charge in [0.2, 0.25) is 0 Å². The smallest absolute Gasteiger partial charge is 0.142 e. The number of benzene rings is 1. The molecule has 0 amide bonds. The van der Waals surface area contributed by atoms with Crippen LogP contribution in [-0.4, -0.2) is 12.5 Å². The molecule has 1 aromatic rings. The fourth-order valence-corrected chi connectivity index (χ4v) is 1.53. The zero-order chi connectivity index (χ0) is 8.81.